The molecule has 1 aromatic rings. The quantitative estimate of drug-likeness (QED) is 0.460. The number of nitrogens with one attached hydrogen (secondary N) is 1. The van der Waals surface area contributed by atoms with Crippen molar-refractivity contribution in [3.05, 3.63) is 33.9 Å². The summed E-state index contributed by atoms with van der Waals surface area (Å²) >= 11 is 1.82. The van der Waals surface area contributed by atoms with Gasteiger partial charge in [-0.3, -0.25) is 10.1 Å². The van der Waals surface area contributed by atoms with E-state index in [0.717, 1.165) is 30.7 Å². The molecule has 0 fully saturated rings. The summed E-state index contributed by atoms with van der Waals surface area (Å²) in [7, 11) is 0. The number of rotatable bonds is 7. The Morgan fingerprint density at radius 3 is 2.82 bits per heavy atom. The van der Waals surface area contributed by atoms with Gasteiger partial charge in [0.1, 0.15) is 5.69 Å². The van der Waals surface area contributed by atoms with E-state index in [2.05, 4.69) is 11.6 Å². The Balaban J connectivity index is 2.60. The van der Waals surface area contributed by atoms with Gasteiger partial charge in [0.2, 0.25) is 0 Å². The molecule has 0 aliphatic carbocycles. The lowest BCUT2D eigenvalue weighted by Crippen LogP contribution is -2.06. The first kappa shape index (κ1) is 13.8. The fourth-order valence-corrected chi connectivity index (χ4v) is 2.11. The molecule has 0 aliphatic heterocycles. The molecule has 0 heterocycles. The van der Waals surface area contributed by atoms with Gasteiger partial charge in [0, 0.05) is 12.6 Å². The normalized spacial score (nSPS) is 10.2. The first-order valence-electron chi connectivity index (χ1n) is 5.63. The molecule has 5 heteroatoms. The third kappa shape index (κ3) is 4.26. The van der Waals surface area contributed by atoms with Gasteiger partial charge in [0.15, 0.2) is 0 Å². The smallest absolute Gasteiger partial charge is 0.292 e. The summed E-state index contributed by atoms with van der Waals surface area (Å²) in [5.74, 6) is 1.14. The van der Waals surface area contributed by atoms with E-state index in [9.17, 15) is 10.1 Å². The second kappa shape index (κ2) is 7.17. The zero-order chi connectivity index (χ0) is 12.7. The van der Waals surface area contributed by atoms with Gasteiger partial charge in [-0.15, -0.1) is 0 Å². The summed E-state index contributed by atoms with van der Waals surface area (Å²) in [5.41, 5.74) is 1.74. The lowest BCUT2D eigenvalue weighted by atomic mass is 10.1. The fourth-order valence-electron chi connectivity index (χ4n) is 1.62. The van der Waals surface area contributed by atoms with Crippen molar-refractivity contribution in [1.82, 2.24) is 0 Å². The van der Waals surface area contributed by atoms with Gasteiger partial charge in [-0.05, 0) is 37.3 Å². The first-order valence-corrected chi connectivity index (χ1v) is 7.03. The number of nitrogens with zero attached hydrogens (tertiary/aromatic N) is 1. The van der Waals surface area contributed by atoms with Crippen molar-refractivity contribution >= 4 is 23.1 Å². The highest BCUT2D eigenvalue weighted by Crippen LogP contribution is 2.27. The number of hydrogen-bond donors (Lipinski definition) is 1. The number of thioether (sulfide) groups is 1. The lowest BCUT2D eigenvalue weighted by molar-refractivity contribution is -0.384. The van der Waals surface area contributed by atoms with Crippen molar-refractivity contribution in [1.29, 1.82) is 0 Å². The molecule has 0 amide bonds. The summed E-state index contributed by atoms with van der Waals surface area (Å²) in [4.78, 5) is 10.5. The first-order chi connectivity index (χ1) is 8.16. The number of aryl methyl sites for hydroxylation is 1. The zero-order valence-electron chi connectivity index (χ0n) is 10.2. The van der Waals surface area contributed by atoms with Crippen molar-refractivity contribution in [3.63, 3.8) is 0 Å². The minimum Gasteiger partial charge on any atom is -0.379 e. The Labute approximate surface area is 106 Å². The molecule has 0 unspecified atom stereocenters. The number of para-hydroxylation sites is 1. The number of nitro groups is 1. The summed E-state index contributed by atoms with van der Waals surface area (Å²) in [6.45, 7) is 2.67. The largest absolute Gasteiger partial charge is 0.379 e. The van der Waals surface area contributed by atoms with Crippen LogP contribution in [0.1, 0.15) is 18.4 Å². The number of benzene rings is 1. The minimum absolute atomic E-state index is 0.162. The lowest BCUT2D eigenvalue weighted by Gasteiger charge is -2.09. The summed E-state index contributed by atoms with van der Waals surface area (Å²) < 4.78 is 0. The van der Waals surface area contributed by atoms with Crippen LogP contribution in [-0.4, -0.2) is 23.5 Å². The molecule has 0 atom stereocenters. The Hall–Kier alpha value is -1.23. The van der Waals surface area contributed by atoms with E-state index in [-0.39, 0.29) is 10.6 Å². The van der Waals surface area contributed by atoms with Crippen LogP contribution in [-0.2, 0) is 0 Å². The molecular formula is C12H18N2O2S. The van der Waals surface area contributed by atoms with E-state index < -0.39 is 0 Å². The van der Waals surface area contributed by atoms with Crippen LogP contribution in [0.4, 0.5) is 11.4 Å². The van der Waals surface area contributed by atoms with Gasteiger partial charge in [-0.1, -0.05) is 12.1 Å². The molecule has 0 aliphatic rings. The van der Waals surface area contributed by atoms with Crippen molar-refractivity contribution < 1.29 is 4.92 Å². The Kier molecular flexibility index (Phi) is 5.83. The second-order valence-corrected chi connectivity index (χ2v) is 4.84. The van der Waals surface area contributed by atoms with E-state index in [0.29, 0.717) is 5.69 Å². The SMILES string of the molecule is CSCCCCNc1c(C)cccc1[N+](=O)[O-]. The van der Waals surface area contributed by atoms with Crippen molar-refractivity contribution in [2.45, 2.75) is 19.8 Å². The summed E-state index contributed by atoms with van der Waals surface area (Å²) in [6, 6.07) is 5.14. The predicted octanol–water partition coefficient (Wildman–Crippen LogP) is 3.46. The number of unbranched alkanes of at least 4 members (excludes halogenated alkanes) is 1. The van der Waals surface area contributed by atoms with Crippen LogP contribution in [0, 0.1) is 17.0 Å². The maximum atomic E-state index is 10.9. The monoisotopic (exact) mass is 254 g/mol. The molecule has 0 saturated carbocycles. The van der Waals surface area contributed by atoms with Crippen LogP contribution < -0.4 is 5.32 Å². The van der Waals surface area contributed by atoms with Gasteiger partial charge in [0.05, 0.1) is 4.92 Å². The molecule has 0 bridgehead atoms. The average molecular weight is 254 g/mol. The third-order valence-electron chi connectivity index (χ3n) is 2.52. The Morgan fingerprint density at radius 2 is 2.18 bits per heavy atom. The highest BCUT2D eigenvalue weighted by molar-refractivity contribution is 7.98. The Bertz CT molecular complexity index is 383. The maximum absolute atomic E-state index is 10.9. The molecule has 0 aromatic heterocycles. The molecule has 17 heavy (non-hydrogen) atoms. The van der Waals surface area contributed by atoms with Crippen LogP contribution in [0.2, 0.25) is 0 Å². The van der Waals surface area contributed by atoms with E-state index in [1.165, 1.54) is 6.07 Å². The van der Waals surface area contributed by atoms with Gasteiger partial charge >= 0.3 is 0 Å². The van der Waals surface area contributed by atoms with Crippen molar-refractivity contribution in [3.8, 4) is 0 Å². The molecule has 0 spiro atoms. The number of anilines is 1. The number of nitro benzene ring substituents is 1. The molecular weight excluding hydrogens is 236 g/mol. The average Bonchev–Trinajstić information content (AvgIpc) is 2.30. The molecule has 94 valence electrons. The second-order valence-electron chi connectivity index (χ2n) is 3.85. The molecule has 1 rings (SSSR count). The molecule has 0 saturated heterocycles. The zero-order valence-corrected chi connectivity index (χ0v) is 11.0. The van der Waals surface area contributed by atoms with E-state index >= 15 is 0 Å². The molecule has 1 N–H and O–H groups in total. The maximum Gasteiger partial charge on any atom is 0.292 e. The van der Waals surface area contributed by atoms with Gasteiger partial charge < -0.3 is 5.32 Å². The third-order valence-corrected chi connectivity index (χ3v) is 3.22. The minimum atomic E-state index is -0.336. The highest BCUT2D eigenvalue weighted by atomic mass is 32.2. The van der Waals surface area contributed by atoms with Gasteiger partial charge in [-0.25, -0.2) is 0 Å². The van der Waals surface area contributed by atoms with Gasteiger partial charge in [-0.2, -0.15) is 11.8 Å². The Morgan fingerprint density at radius 1 is 1.41 bits per heavy atom. The van der Waals surface area contributed by atoms with Gasteiger partial charge in [0.25, 0.3) is 5.69 Å². The fraction of sp³-hybridized carbons (Fsp3) is 0.500. The predicted molar refractivity (Wildman–Crippen MR) is 73.9 cm³/mol. The van der Waals surface area contributed by atoms with E-state index in [1.807, 2.05) is 24.8 Å². The van der Waals surface area contributed by atoms with Crippen molar-refractivity contribution in [2.75, 3.05) is 23.9 Å². The summed E-state index contributed by atoms with van der Waals surface area (Å²) in [6.07, 6.45) is 4.25. The van der Waals surface area contributed by atoms with E-state index in [1.54, 1.807) is 6.07 Å². The van der Waals surface area contributed by atoms with Crippen LogP contribution in [0.5, 0.6) is 0 Å². The van der Waals surface area contributed by atoms with E-state index in [4.69, 9.17) is 0 Å². The number of hydrogen-bond acceptors (Lipinski definition) is 4. The van der Waals surface area contributed by atoms with Crippen LogP contribution >= 0.6 is 11.8 Å². The topological polar surface area (TPSA) is 55.2 Å². The summed E-state index contributed by atoms with van der Waals surface area (Å²) in [5, 5.41) is 14.0. The van der Waals surface area contributed by atoms with Crippen molar-refractivity contribution in [2.24, 2.45) is 0 Å². The van der Waals surface area contributed by atoms with Crippen LogP contribution in [0.3, 0.4) is 0 Å². The molecule has 1 aromatic carbocycles. The highest BCUT2D eigenvalue weighted by Gasteiger charge is 2.14. The van der Waals surface area contributed by atoms with Crippen LogP contribution in [0.15, 0.2) is 18.2 Å². The van der Waals surface area contributed by atoms with Crippen LogP contribution in [0.25, 0.3) is 0 Å². The molecule has 0 radical (unpaired) electrons. The standard InChI is InChI=1S/C12H18N2O2S/c1-10-6-5-7-11(14(15)16)12(10)13-8-3-4-9-17-2/h5-7,13H,3-4,8-9H2,1-2H3. The molecule has 4 nitrogen and oxygen atoms in total.